The lowest BCUT2D eigenvalue weighted by Gasteiger charge is -2.08. The average molecular weight is 488 g/mol. The molecule has 0 bridgehead atoms. The minimum atomic E-state index is -0.731. The smallest absolute Gasteiger partial charge is 0.386 e. The molecule has 0 aliphatic heterocycles. The maximum absolute atomic E-state index is 12.2. The van der Waals surface area contributed by atoms with E-state index in [1.807, 2.05) is 0 Å². The fraction of sp³-hybridized carbons (Fsp3) is 0. The molecular formula is C26H20N2O8. The van der Waals surface area contributed by atoms with Crippen LogP contribution in [0.3, 0.4) is 0 Å². The molecule has 0 heterocycles. The summed E-state index contributed by atoms with van der Waals surface area (Å²) in [4.78, 5) is 43.9. The molecule has 0 aliphatic rings. The molecule has 0 saturated carbocycles. The summed E-state index contributed by atoms with van der Waals surface area (Å²) < 4.78 is 0. The lowest BCUT2D eigenvalue weighted by Crippen LogP contribution is -2.08. The Balaban J connectivity index is 1.33. The number of carbonyl (C=O) groups is 2. The normalized spacial score (nSPS) is 10.3. The van der Waals surface area contributed by atoms with Crippen LogP contribution in [-0.4, -0.2) is 22.2 Å². The molecule has 0 aliphatic carbocycles. The zero-order valence-electron chi connectivity index (χ0n) is 18.6. The van der Waals surface area contributed by atoms with Gasteiger partial charge in [-0.05, 0) is 59.7 Å². The Kier molecular flexibility index (Phi) is 6.78. The van der Waals surface area contributed by atoms with Gasteiger partial charge in [-0.15, -0.1) is 0 Å². The third-order valence-electron chi connectivity index (χ3n) is 5.01. The quantitative estimate of drug-likeness (QED) is 0.128. The summed E-state index contributed by atoms with van der Waals surface area (Å²) in [7, 11) is 0. The summed E-state index contributed by atoms with van der Waals surface area (Å²) in [6.45, 7) is 0. The maximum atomic E-state index is 12.2. The third-order valence-corrected chi connectivity index (χ3v) is 5.01. The van der Waals surface area contributed by atoms with Crippen molar-refractivity contribution in [2.75, 3.05) is 11.5 Å². The van der Waals surface area contributed by atoms with Gasteiger partial charge in [0.05, 0.1) is 22.5 Å². The molecule has 182 valence electrons. The molecule has 0 spiro atoms. The second-order valence-electron chi connectivity index (χ2n) is 7.50. The molecule has 4 rings (SSSR count). The zero-order valence-corrected chi connectivity index (χ0v) is 18.6. The lowest BCUT2D eigenvalue weighted by molar-refractivity contribution is -0.149. The molecule has 0 radical (unpaired) electrons. The van der Waals surface area contributed by atoms with Gasteiger partial charge in [0.2, 0.25) is 0 Å². The van der Waals surface area contributed by atoms with Crippen LogP contribution in [0, 0.1) is 0 Å². The van der Waals surface area contributed by atoms with Crippen molar-refractivity contribution in [3.63, 3.8) is 0 Å². The number of nitrogen functional groups attached to an aromatic ring is 2. The number of aromatic hydroxyl groups is 2. The summed E-state index contributed by atoms with van der Waals surface area (Å²) in [6, 6.07) is 21.2. The maximum Gasteiger partial charge on any atom is 0.386 e. The number of hydrogen-bond acceptors (Lipinski definition) is 10. The highest BCUT2D eigenvalue weighted by Gasteiger charge is 2.13. The first-order chi connectivity index (χ1) is 17.3. The topological polar surface area (TPSA) is 164 Å². The van der Waals surface area contributed by atoms with E-state index in [4.69, 9.17) is 31.0 Å². The van der Waals surface area contributed by atoms with Crippen molar-refractivity contribution in [1.82, 2.24) is 0 Å². The van der Waals surface area contributed by atoms with Crippen molar-refractivity contribution in [3.8, 4) is 34.1 Å². The van der Waals surface area contributed by atoms with E-state index in [1.165, 1.54) is 36.4 Å². The standard InChI is InChI=1S/C26H20N2O8/c27-21-11-9-19(13-23(21)29)33-35-25(31)17-5-1-15(2-6-17)16-3-7-18(8-4-16)26(32)36-34-20-10-12-22(28)24(30)14-20/h1-14,29-30H,27-28H2. The van der Waals surface area contributed by atoms with Crippen LogP contribution < -0.4 is 21.2 Å². The van der Waals surface area contributed by atoms with Crippen LogP contribution in [0.25, 0.3) is 11.1 Å². The molecule has 0 amide bonds. The molecule has 6 N–H and O–H groups in total. The van der Waals surface area contributed by atoms with Crippen LogP contribution >= 0.6 is 0 Å². The first kappa shape index (κ1) is 23.8. The minimum absolute atomic E-state index is 0.113. The number of rotatable bonds is 7. The number of nitrogens with two attached hydrogens (primary N) is 2. The van der Waals surface area contributed by atoms with Gasteiger partial charge < -0.3 is 21.7 Å². The lowest BCUT2D eigenvalue weighted by atomic mass is 10.0. The Hall–Kier alpha value is -5.38. The Morgan fingerprint density at radius 3 is 1.25 bits per heavy atom. The van der Waals surface area contributed by atoms with Crippen LogP contribution in [0.2, 0.25) is 0 Å². The summed E-state index contributed by atoms with van der Waals surface area (Å²) in [5, 5.41) is 19.1. The SMILES string of the molecule is Nc1ccc(OOC(=O)c2ccc(-c3ccc(C(=O)OOc4ccc(N)c(O)c4)cc3)cc2)cc1O. The Labute approximate surface area is 204 Å². The summed E-state index contributed by atoms with van der Waals surface area (Å²) >= 11 is 0. The molecule has 36 heavy (non-hydrogen) atoms. The van der Waals surface area contributed by atoms with Crippen molar-refractivity contribution in [2.45, 2.75) is 0 Å². The Bertz CT molecular complexity index is 1290. The molecule has 4 aromatic carbocycles. The van der Waals surface area contributed by atoms with Crippen molar-refractivity contribution < 1.29 is 39.4 Å². The van der Waals surface area contributed by atoms with E-state index in [2.05, 4.69) is 0 Å². The highest BCUT2D eigenvalue weighted by atomic mass is 17.2. The van der Waals surface area contributed by atoms with Gasteiger partial charge in [-0.3, -0.25) is 9.78 Å². The fourth-order valence-electron chi connectivity index (χ4n) is 3.02. The molecule has 0 fully saturated rings. The van der Waals surface area contributed by atoms with Crippen molar-refractivity contribution >= 4 is 23.3 Å². The molecule has 4 aromatic rings. The highest BCUT2D eigenvalue weighted by Crippen LogP contribution is 2.27. The number of anilines is 2. The number of phenolic OH excluding ortho intramolecular Hbond substituents is 2. The molecule has 0 aromatic heterocycles. The second kappa shape index (κ2) is 10.3. The number of benzene rings is 4. The van der Waals surface area contributed by atoms with E-state index in [1.54, 1.807) is 48.5 Å². The largest absolute Gasteiger partial charge is 0.506 e. The molecule has 10 heteroatoms. The first-order valence-electron chi connectivity index (χ1n) is 10.5. The summed E-state index contributed by atoms with van der Waals surface area (Å²) in [5.74, 6) is -1.62. The highest BCUT2D eigenvalue weighted by molar-refractivity contribution is 5.91. The number of phenols is 2. The molecular weight excluding hydrogens is 468 g/mol. The zero-order chi connectivity index (χ0) is 25.7. The predicted octanol–water partition coefficient (Wildman–Crippen LogP) is 4.23. The van der Waals surface area contributed by atoms with Gasteiger partial charge >= 0.3 is 11.9 Å². The average Bonchev–Trinajstić information content (AvgIpc) is 2.90. The van der Waals surface area contributed by atoms with E-state index < -0.39 is 11.9 Å². The van der Waals surface area contributed by atoms with Gasteiger partial charge in [-0.25, -0.2) is 19.4 Å². The Morgan fingerprint density at radius 1 is 0.556 bits per heavy atom. The first-order valence-corrected chi connectivity index (χ1v) is 10.5. The molecule has 0 unspecified atom stereocenters. The third kappa shape index (κ3) is 5.57. The van der Waals surface area contributed by atoms with Gasteiger partial charge in [0, 0.05) is 12.1 Å². The second-order valence-corrected chi connectivity index (χ2v) is 7.50. The van der Waals surface area contributed by atoms with Gasteiger partial charge in [-0.2, -0.15) is 0 Å². The van der Waals surface area contributed by atoms with Crippen molar-refractivity contribution in [2.24, 2.45) is 0 Å². The van der Waals surface area contributed by atoms with Crippen LogP contribution in [0.5, 0.6) is 23.0 Å². The minimum Gasteiger partial charge on any atom is -0.506 e. The van der Waals surface area contributed by atoms with Crippen LogP contribution in [0.1, 0.15) is 20.7 Å². The van der Waals surface area contributed by atoms with Crippen molar-refractivity contribution in [1.29, 1.82) is 0 Å². The van der Waals surface area contributed by atoms with Gasteiger partial charge in [0.25, 0.3) is 0 Å². The summed E-state index contributed by atoms with van der Waals surface area (Å²) in [6.07, 6.45) is 0. The van der Waals surface area contributed by atoms with E-state index in [-0.39, 0.29) is 45.5 Å². The van der Waals surface area contributed by atoms with E-state index in [0.29, 0.717) is 0 Å². The van der Waals surface area contributed by atoms with Crippen molar-refractivity contribution in [3.05, 3.63) is 96.1 Å². The predicted molar refractivity (Wildman–Crippen MR) is 129 cm³/mol. The van der Waals surface area contributed by atoms with Crippen LogP contribution in [-0.2, 0) is 9.78 Å². The number of carbonyl (C=O) groups excluding carboxylic acids is 2. The number of hydrogen-bond donors (Lipinski definition) is 4. The van der Waals surface area contributed by atoms with Gasteiger partial charge in [-0.1, -0.05) is 24.3 Å². The summed E-state index contributed by atoms with van der Waals surface area (Å²) in [5.41, 5.74) is 13.4. The van der Waals surface area contributed by atoms with Crippen LogP contribution in [0.15, 0.2) is 84.9 Å². The molecule has 0 atom stereocenters. The Morgan fingerprint density at radius 2 is 0.917 bits per heavy atom. The van der Waals surface area contributed by atoms with Gasteiger partial charge in [0.1, 0.15) is 11.5 Å². The van der Waals surface area contributed by atoms with E-state index >= 15 is 0 Å². The monoisotopic (exact) mass is 488 g/mol. The van der Waals surface area contributed by atoms with Crippen LogP contribution in [0.4, 0.5) is 11.4 Å². The van der Waals surface area contributed by atoms with E-state index in [0.717, 1.165) is 11.1 Å². The fourth-order valence-corrected chi connectivity index (χ4v) is 3.02. The molecule has 10 nitrogen and oxygen atoms in total. The van der Waals surface area contributed by atoms with E-state index in [9.17, 15) is 19.8 Å². The molecule has 0 saturated heterocycles. The van der Waals surface area contributed by atoms with Gasteiger partial charge in [0.15, 0.2) is 11.5 Å².